The number of hydrogen-bond acceptors (Lipinski definition) is 4. The third kappa shape index (κ3) is 4.11. The quantitative estimate of drug-likeness (QED) is 0.846. The summed E-state index contributed by atoms with van der Waals surface area (Å²) in [5.74, 6) is 0.938. The Balaban J connectivity index is 1.83. The van der Waals surface area contributed by atoms with E-state index in [4.69, 9.17) is 9.84 Å². The van der Waals surface area contributed by atoms with Crippen molar-refractivity contribution in [2.24, 2.45) is 0 Å². The highest BCUT2D eigenvalue weighted by atomic mass is 16.5. The molecule has 0 aliphatic carbocycles. The van der Waals surface area contributed by atoms with Gasteiger partial charge in [0.05, 0.1) is 6.61 Å². The van der Waals surface area contributed by atoms with E-state index in [-0.39, 0.29) is 0 Å². The van der Waals surface area contributed by atoms with E-state index in [0.717, 1.165) is 44.9 Å². The number of nitrogens with zero attached hydrogens (tertiary/aromatic N) is 2. The normalized spacial score (nSPS) is 16.6. The van der Waals surface area contributed by atoms with Gasteiger partial charge in [-0.1, -0.05) is 0 Å². The van der Waals surface area contributed by atoms with Gasteiger partial charge >= 0.3 is 0 Å². The van der Waals surface area contributed by atoms with Crippen LogP contribution in [-0.4, -0.2) is 55.9 Å². The Hall–Kier alpha value is -1.26. The molecular weight excluding hydrogens is 240 g/mol. The Labute approximate surface area is 115 Å². The van der Waals surface area contributed by atoms with Crippen LogP contribution in [0.4, 0.5) is 5.69 Å². The maximum absolute atomic E-state index is 8.85. The highest BCUT2D eigenvalue weighted by molar-refractivity contribution is 5.49. The second kappa shape index (κ2) is 7.36. The molecule has 0 unspecified atom stereocenters. The monoisotopic (exact) mass is 264 g/mol. The van der Waals surface area contributed by atoms with Crippen molar-refractivity contribution >= 4 is 5.69 Å². The van der Waals surface area contributed by atoms with Crippen molar-refractivity contribution in [2.45, 2.75) is 13.3 Å². The second-order valence-electron chi connectivity index (χ2n) is 4.83. The molecule has 1 fully saturated rings. The van der Waals surface area contributed by atoms with E-state index in [1.807, 2.05) is 19.1 Å². The number of ether oxygens (including phenoxy) is 1. The van der Waals surface area contributed by atoms with Crippen LogP contribution < -0.4 is 9.64 Å². The van der Waals surface area contributed by atoms with Gasteiger partial charge in [0.1, 0.15) is 5.75 Å². The van der Waals surface area contributed by atoms with Crippen LogP contribution in [0.2, 0.25) is 0 Å². The molecule has 2 rings (SSSR count). The van der Waals surface area contributed by atoms with E-state index in [0.29, 0.717) is 13.2 Å². The van der Waals surface area contributed by atoms with Crippen molar-refractivity contribution in [3.8, 4) is 5.75 Å². The maximum Gasteiger partial charge on any atom is 0.119 e. The third-order valence-electron chi connectivity index (χ3n) is 3.52. The topological polar surface area (TPSA) is 35.9 Å². The lowest BCUT2D eigenvalue weighted by atomic mass is 10.2. The SMILES string of the molecule is CCOc1ccc(N2CCN(CCCO)CC2)cc1. The van der Waals surface area contributed by atoms with Crippen molar-refractivity contribution in [1.82, 2.24) is 4.90 Å². The lowest BCUT2D eigenvalue weighted by molar-refractivity contribution is 0.216. The van der Waals surface area contributed by atoms with Crippen LogP contribution in [0.1, 0.15) is 13.3 Å². The first-order valence-electron chi connectivity index (χ1n) is 7.14. The Morgan fingerprint density at radius 2 is 1.79 bits per heavy atom. The minimum atomic E-state index is 0.291. The summed E-state index contributed by atoms with van der Waals surface area (Å²) >= 11 is 0. The van der Waals surface area contributed by atoms with Crippen molar-refractivity contribution < 1.29 is 9.84 Å². The number of piperazine rings is 1. The summed E-state index contributed by atoms with van der Waals surface area (Å²) in [7, 11) is 0. The van der Waals surface area contributed by atoms with Crippen LogP contribution in [-0.2, 0) is 0 Å². The molecule has 1 aromatic carbocycles. The minimum absolute atomic E-state index is 0.291. The van der Waals surface area contributed by atoms with Gasteiger partial charge in [-0.2, -0.15) is 0 Å². The summed E-state index contributed by atoms with van der Waals surface area (Å²) in [6.07, 6.45) is 0.878. The standard InChI is InChI=1S/C15H24N2O2/c1-2-19-15-6-4-14(5-7-15)17-11-9-16(10-12-17)8-3-13-18/h4-7,18H,2-3,8-13H2,1H3. The van der Waals surface area contributed by atoms with Gasteiger partial charge in [0, 0.05) is 45.0 Å². The van der Waals surface area contributed by atoms with Crippen molar-refractivity contribution in [3.05, 3.63) is 24.3 Å². The predicted molar refractivity (Wildman–Crippen MR) is 78.0 cm³/mol. The van der Waals surface area contributed by atoms with Crippen LogP contribution in [0.3, 0.4) is 0 Å². The van der Waals surface area contributed by atoms with E-state index >= 15 is 0 Å². The van der Waals surface area contributed by atoms with Gasteiger partial charge < -0.3 is 14.7 Å². The summed E-state index contributed by atoms with van der Waals surface area (Å²) in [5.41, 5.74) is 1.27. The molecule has 0 radical (unpaired) electrons. The summed E-state index contributed by atoms with van der Waals surface area (Å²) < 4.78 is 5.46. The van der Waals surface area contributed by atoms with Gasteiger partial charge in [-0.05, 0) is 37.6 Å². The molecule has 0 bridgehead atoms. The first-order valence-corrected chi connectivity index (χ1v) is 7.14. The molecule has 1 heterocycles. The first-order chi connectivity index (χ1) is 9.33. The number of benzene rings is 1. The molecule has 1 saturated heterocycles. The Morgan fingerprint density at radius 1 is 1.11 bits per heavy atom. The van der Waals surface area contributed by atoms with Crippen molar-refractivity contribution in [3.63, 3.8) is 0 Å². The van der Waals surface area contributed by atoms with Crippen LogP contribution in [0.15, 0.2) is 24.3 Å². The lowest BCUT2D eigenvalue weighted by Crippen LogP contribution is -2.46. The summed E-state index contributed by atoms with van der Waals surface area (Å²) in [6.45, 7) is 8.27. The van der Waals surface area contributed by atoms with Crippen LogP contribution in [0.5, 0.6) is 5.75 Å². The Kier molecular flexibility index (Phi) is 5.48. The lowest BCUT2D eigenvalue weighted by Gasteiger charge is -2.36. The third-order valence-corrected chi connectivity index (χ3v) is 3.52. The molecule has 0 atom stereocenters. The van der Waals surface area contributed by atoms with Gasteiger partial charge in [-0.3, -0.25) is 4.90 Å². The highest BCUT2D eigenvalue weighted by Crippen LogP contribution is 2.20. The molecule has 4 nitrogen and oxygen atoms in total. The zero-order valence-corrected chi connectivity index (χ0v) is 11.7. The Bertz CT molecular complexity index is 359. The van der Waals surface area contributed by atoms with Gasteiger partial charge in [0.15, 0.2) is 0 Å². The minimum Gasteiger partial charge on any atom is -0.494 e. The summed E-state index contributed by atoms with van der Waals surface area (Å²) in [5, 5.41) is 8.85. The Morgan fingerprint density at radius 3 is 2.37 bits per heavy atom. The van der Waals surface area contributed by atoms with Crippen molar-refractivity contribution in [1.29, 1.82) is 0 Å². The molecule has 106 valence electrons. The van der Waals surface area contributed by atoms with E-state index in [9.17, 15) is 0 Å². The summed E-state index contributed by atoms with van der Waals surface area (Å²) in [6, 6.07) is 8.34. The number of hydrogen-bond donors (Lipinski definition) is 1. The van der Waals surface area contributed by atoms with Crippen molar-refractivity contribution in [2.75, 3.05) is 50.8 Å². The molecule has 1 aliphatic heterocycles. The molecule has 1 aromatic rings. The van der Waals surface area contributed by atoms with Gasteiger partial charge in [0.2, 0.25) is 0 Å². The molecule has 0 aromatic heterocycles. The van der Waals surface area contributed by atoms with Crippen LogP contribution in [0.25, 0.3) is 0 Å². The molecule has 0 spiro atoms. The van der Waals surface area contributed by atoms with E-state index < -0.39 is 0 Å². The highest BCUT2D eigenvalue weighted by Gasteiger charge is 2.16. The van der Waals surface area contributed by atoms with Crippen LogP contribution in [0, 0.1) is 0 Å². The second-order valence-corrected chi connectivity index (χ2v) is 4.83. The molecule has 0 saturated carbocycles. The fourth-order valence-corrected chi connectivity index (χ4v) is 2.44. The smallest absolute Gasteiger partial charge is 0.119 e. The molecule has 19 heavy (non-hydrogen) atoms. The first kappa shape index (κ1) is 14.2. The van der Waals surface area contributed by atoms with Gasteiger partial charge in [0.25, 0.3) is 0 Å². The number of rotatable bonds is 6. The number of aliphatic hydroxyl groups excluding tert-OH is 1. The zero-order chi connectivity index (χ0) is 13.5. The molecule has 1 N–H and O–H groups in total. The number of aliphatic hydroxyl groups is 1. The molecule has 0 amide bonds. The largest absolute Gasteiger partial charge is 0.494 e. The van der Waals surface area contributed by atoms with Crippen LogP contribution >= 0.6 is 0 Å². The van der Waals surface area contributed by atoms with E-state index in [1.54, 1.807) is 0 Å². The van der Waals surface area contributed by atoms with Gasteiger partial charge in [-0.15, -0.1) is 0 Å². The summed E-state index contributed by atoms with van der Waals surface area (Å²) in [4.78, 5) is 4.83. The van der Waals surface area contributed by atoms with E-state index in [2.05, 4.69) is 21.9 Å². The van der Waals surface area contributed by atoms with E-state index in [1.165, 1.54) is 5.69 Å². The fourth-order valence-electron chi connectivity index (χ4n) is 2.44. The zero-order valence-electron chi connectivity index (χ0n) is 11.7. The average Bonchev–Trinajstić information content (AvgIpc) is 2.47. The maximum atomic E-state index is 8.85. The van der Waals surface area contributed by atoms with Gasteiger partial charge in [-0.25, -0.2) is 0 Å². The predicted octanol–water partition coefficient (Wildman–Crippen LogP) is 1.59. The average molecular weight is 264 g/mol. The molecular formula is C15H24N2O2. The fraction of sp³-hybridized carbons (Fsp3) is 0.600. The number of anilines is 1. The molecule has 4 heteroatoms. The molecule has 1 aliphatic rings.